The molecule has 0 saturated carbocycles. The molecule has 0 aliphatic heterocycles. The molecule has 0 fully saturated rings. The van der Waals surface area contributed by atoms with Crippen molar-refractivity contribution in [3.8, 4) is 0 Å². The predicted molar refractivity (Wildman–Crippen MR) is 152 cm³/mol. The lowest BCUT2D eigenvalue weighted by molar-refractivity contribution is 0.00441. The van der Waals surface area contributed by atoms with Crippen LogP contribution in [0.15, 0.2) is 24.3 Å². The zero-order chi connectivity index (χ0) is 26.5. The average molecular weight is 528 g/mol. The summed E-state index contributed by atoms with van der Waals surface area (Å²) < 4.78 is 22.3. The first-order valence-corrected chi connectivity index (χ1v) is 16.5. The van der Waals surface area contributed by atoms with Gasteiger partial charge in [-0.2, -0.15) is 0 Å². The van der Waals surface area contributed by atoms with E-state index >= 15 is 0 Å². The maximum absolute atomic E-state index is 11.0. The standard InChI is InChI=1S/C30H56O5P/c1-4-5-6-7-8-9-10-11-12-13-14-15-16-17-18-21-25-35-28(2)29-22-19-20-23-30(29,3)24-26-34-27-36(31,32)33/h19-20,22-23,28-29H,3-18,21,24-27H2,1-2H3,(H2,31,32,33). The van der Waals surface area contributed by atoms with Gasteiger partial charge in [-0.1, -0.05) is 128 Å². The molecular weight excluding hydrogens is 471 g/mol. The van der Waals surface area contributed by atoms with Crippen LogP contribution >= 0.6 is 7.60 Å². The highest BCUT2D eigenvalue weighted by Gasteiger charge is 2.35. The van der Waals surface area contributed by atoms with Gasteiger partial charge in [0, 0.05) is 19.1 Å². The van der Waals surface area contributed by atoms with E-state index in [0.29, 0.717) is 6.42 Å². The van der Waals surface area contributed by atoms with Gasteiger partial charge in [0.15, 0.2) is 0 Å². The largest absolute Gasteiger partial charge is 0.378 e. The van der Waals surface area contributed by atoms with E-state index in [1.54, 1.807) is 0 Å². The maximum Gasteiger partial charge on any atom is 0.350 e. The van der Waals surface area contributed by atoms with Crippen LogP contribution in [0, 0.1) is 18.3 Å². The molecule has 3 unspecified atom stereocenters. The summed E-state index contributed by atoms with van der Waals surface area (Å²) in [4.78, 5) is 17.9. The molecule has 5 nitrogen and oxygen atoms in total. The second-order valence-electron chi connectivity index (χ2n) is 10.8. The fourth-order valence-corrected chi connectivity index (χ4v) is 5.44. The van der Waals surface area contributed by atoms with Crippen molar-refractivity contribution in [2.24, 2.45) is 11.3 Å². The van der Waals surface area contributed by atoms with Gasteiger partial charge in [-0.15, -0.1) is 0 Å². The molecule has 1 aliphatic carbocycles. The Morgan fingerprint density at radius 1 is 0.833 bits per heavy atom. The van der Waals surface area contributed by atoms with Crippen molar-refractivity contribution >= 4 is 7.60 Å². The van der Waals surface area contributed by atoms with Crippen LogP contribution in [-0.2, 0) is 14.0 Å². The summed E-state index contributed by atoms with van der Waals surface area (Å²) in [7, 11) is -4.13. The summed E-state index contributed by atoms with van der Waals surface area (Å²) >= 11 is 0. The van der Waals surface area contributed by atoms with Gasteiger partial charge in [-0.05, 0) is 32.1 Å². The minimum Gasteiger partial charge on any atom is -0.378 e. The molecule has 6 heteroatoms. The van der Waals surface area contributed by atoms with Crippen molar-refractivity contribution < 1.29 is 23.8 Å². The Morgan fingerprint density at radius 2 is 1.33 bits per heavy atom. The molecule has 0 aromatic heterocycles. The Hall–Kier alpha value is -0.450. The molecule has 2 N–H and O–H groups in total. The molecular formula is C30H56O5P. The lowest BCUT2D eigenvalue weighted by Crippen LogP contribution is -2.36. The normalized spacial score (nSPS) is 20.8. The van der Waals surface area contributed by atoms with Gasteiger partial charge in [0.25, 0.3) is 0 Å². The molecule has 3 atom stereocenters. The molecule has 1 radical (unpaired) electrons. The van der Waals surface area contributed by atoms with E-state index < -0.39 is 19.4 Å². The molecule has 0 aromatic carbocycles. The predicted octanol–water partition coefficient (Wildman–Crippen LogP) is 8.76. The number of rotatable bonds is 24. The van der Waals surface area contributed by atoms with Crippen molar-refractivity contribution in [2.75, 3.05) is 19.6 Å². The van der Waals surface area contributed by atoms with E-state index in [1.807, 2.05) is 12.2 Å². The Bertz CT molecular complexity index is 629. The fraction of sp³-hybridized carbons (Fsp3) is 0.833. The Balaban J connectivity index is 2.02. The van der Waals surface area contributed by atoms with Crippen LogP contribution in [-0.4, -0.2) is 35.5 Å². The maximum atomic E-state index is 11.0. The average Bonchev–Trinajstić information content (AvgIpc) is 2.83. The highest BCUT2D eigenvalue weighted by atomic mass is 31.2. The molecule has 0 heterocycles. The van der Waals surface area contributed by atoms with Crippen LogP contribution in [0.4, 0.5) is 0 Å². The Kier molecular flexibility index (Phi) is 19.1. The van der Waals surface area contributed by atoms with Gasteiger partial charge in [-0.3, -0.25) is 4.57 Å². The van der Waals surface area contributed by atoms with E-state index in [0.717, 1.165) is 13.0 Å². The van der Waals surface area contributed by atoms with E-state index in [-0.39, 0.29) is 18.6 Å². The van der Waals surface area contributed by atoms with Crippen LogP contribution < -0.4 is 0 Å². The van der Waals surface area contributed by atoms with E-state index in [4.69, 9.17) is 19.3 Å². The second-order valence-corrected chi connectivity index (χ2v) is 12.4. The van der Waals surface area contributed by atoms with Crippen LogP contribution in [0.25, 0.3) is 0 Å². The first-order valence-electron chi connectivity index (χ1n) is 14.7. The number of hydrogen-bond acceptors (Lipinski definition) is 3. The van der Waals surface area contributed by atoms with E-state index in [9.17, 15) is 4.57 Å². The Labute approximate surface area is 222 Å². The fourth-order valence-electron chi connectivity index (χ4n) is 5.08. The molecule has 1 aliphatic rings. The molecule has 36 heavy (non-hydrogen) atoms. The van der Waals surface area contributed by atoms with E-state index in [1.165, 1.54) is 96.3 Å². The first-order chi connectivity index (χ1) is 17.3. The third-order valence-corrected chi connectivity index (χ3v) is 7.90. The minimum atomic E-state index is -4.13. The zero-order valence-corrected chi connectivity index (χ0v) is 24.3. The van der Waals surface area contributed by atoms with Crippen molar-refractivity contribution in [2.45, 2.75) is 129 Å². The van der Waals surface area contributed by atoms with E-state index in [2.05, 4.69) is 32.9 Å². The number of unbranched alkanes of at least 4 members (excludes halogenated alkanes) is 15. The monoisotopic (exact) mass is 527 g/mol. The molecule has 0 aromatic rings. The summed E-state index contributed by atoms with van der Waals surface area (Å²) in [5, 5.41) is 0. The smallest absolute Gasteiger partial charge is 0.350 e. The van der Waals surface area contributed by atoms with Gasteiger partial charge in [0.2, 0.25) is 0 Å². The van der Waals surface area contributed by atoms with Crippen LogP contribution in [0.5, 0.6) is 0 Å². The quantitative estimate of drug-likeness (QED) is 0.0969. The molecule has 0 bridgehead atoms. The lowest BCUT2D eigenvalue weighted by Gasteiger charge is -2.38. The van der Waals surface area contributed by atoms with Gasteiger partial charge < -0.3 is 19.3 Å². The highest BCUT2D eigenvalue weighted by molar-refractivity contribution is 7.51. The molecule has 0 spiro atoms. The lowest BCUT2D eigenvalue weighted by atomic mass is 9.70. The number of ether oxygens (including phenoxy) is 2. The molecule has 0 saturated heterocycles. The third kappa shape index (κ3) is 17.1. The summed E-state index contributed by atoms with van der Waals surface area (Å²) in [6.07, 6.45) is 30.1. The number of allylic oxidation sites excluding steroid dienone is 3. The minimum absolute atomic E-state index is 0.0295. The molecule has 0 amide bonds. The zero-order valence-electron chi connectivity index (χ0n) is 23.4. The van der Waals surface area contributed by atoms with Crippen molar-refractivity contribution in [3.63, 3.8) is 0 Å². The van der Waals surface area contributed by atoms with Crippen LogP contribution in [0.1, 0.15) is 123 Å². The highest BCUT2D eigenvalue weighted by Crippen LogP contribution is 2.40. The summed E-state index contributed by atoms with van der Waals surface area (Å²) in [6.45, 7) is 9.80. The van der Waals surface area contributed by atoms with Crippen molar-refractivity contribution in [1.82, 2.24) is 0 Å². The first kappa shape index (κ1) is 33.6. The van der Waals surface area contributed by atoms with Gasteiger partial charge in [0.05, 0.1) is 6.10 Å². The summed E-state index contributed by atoms with van der Waals surface area (Å²) in [5.41, 5.74) is -0.391. The van der Waals surface area contributed by atoms with Gasteiger partial charge >= 0.3 is 7.60 Å². The SMILES string of the molecule is [CH2]C1(CCOCP(=O)(O)O)C=CC=CC1C(C)OCCCCCCCCCCCCCCCCCC. The van der Waals surface area contributed by atoms with Crippen LogP contribution in [0.2, 0.25) is 0 Å². The summed E-state index contributed by atoms with van der Waals surface area (Å²) in [6, 6.07) is 0. The number of hydrogen-bond donors (Lipinski definition) is 2. The second kappa shape index (κ2) is 20.5. The van der Waals surface area contributed by atoms with Crippen LogP contribution in [0.3, 0.4) is 0 Å². The molecule has 211 valence electrons. The summed E-state index contributed by atoms with van der Waals surface area (Å²) in [5.74, 6) is 0.113. The Morgan fingerprint density at radius 3 is 1.83 bits per heavy atom. The van der Waals surface area contributed by atoms with Gasteiger partial charge in [0.1, 0.15) is 6.35 Å². The van der Waals surface area contributed by atoms with Crippen molar-refractivity contribution in [1.29, 1.82) is 0 Å². The van der Waals surface area contributed by atoms with Gasteiger partial charge in [-0.25, -0.2) is 0 Å². The third-order valence-electron chi connectivity index (χ3n) is 7.38. The van der Waals surface area contributed by atoms with Crippen molar-refractivity contribution in [3.05, 3.63) is 31.2 Å². The topological polar surface area (TPSA) is 76.0 Å². The molecule has 1 rings (SSSR count).